The van der Waals surface area contributed by atoms with E-state index in [1.807, 2.05) is 12.1 Å². The standard InChI is InChI=1S/C23H15FN8O/c24-13-5-11(7-15(33)8-13)16-3-4-27-22-19(16)29-23(30-22)21-20-18(31-32-21)2-1-17(28-20)12-6-14(25)10-26-9-12/h1-10,33H,25H2,(H,31,32)(H,27,29,30). The van der Waals surface area contributed by atoms with Crippen molar-refractivity contribution in [1.82, 2.24) is 35.1 Å². The van der Waals surface area contributed by atoms with Crippen LogP contribution in [0.25, 0.3) is 56.1 Å². The molecule has 6 aromatic rings. The molecular formula is C23H15FN8O. The Morgan fingerprint density at radius 1 is 0.939 bits per heavy atom. The molecule has 160 valence electrons. The maximum absolute atomic E-state index is 13.9. The molecule has 0 aliphatic heterocycles. The van der Waals surface area contributed by atoms with Crippen LogP contribution in [0.4, 0.5) is 10.1 Å². The Kier molecular flexibility index (Phi) is 4.06. The molecule has 0 bridgehead atoms. The summed E-state index contributed by atoms with van der Waals surface area (Å²) in [6, 6.07) is 11.1. The topological polar surface area (TPSA) is 142 Å². The fraction of sp³-hybridized carbons (Fsp3) is 0. The average molecular weight is 438 g/mol. The summed E-state index contributed by atoms with van der Waals surface area (Å²) in [5.41, 5.74) is 11.9. The van der Waals surface area contributed by atoms with Crippen molar-refractivity contribution in [3.05, 3.63) is 66.9 Å². The number of phenolic OH excluding ortho intramolecular Hbond substituents is 1. The third kappa shape index (κ3) is 3.21. The van der Waals surface area contributed by atoms with E-state index in [9.17, 15) is 9.50 Å². The Morgan fingerprint density at radius 2 is 1.85 bits per heavy atom. The number of pyridine rings is 3. The van der Waals surface area contributed by atoms with E-state index in [-0.39, 0.29) is 5.75 Å². The lowest BCUT2D eigenvalue weighted by atomic mass is 10.1. The largest absolute Gasteiger partial charge is 0.508 e. The number of phenols is 1. The molecule has 0 unspecified atom stereocenters. The first-order valence-electron chi connectivity index (χ1n) is 9.96. The maximum atomic E-state index is 13.9. The molecule has 0 aliphatic rings. The molecule has 0 atom stereocenters. The molecule has 0 saturated carbocycles. The summed E-state index contributed by atoms with van der Waals surface area (Å²) in [4.78, 5) is 21.1. The minimum Gasteiger partial charge on any atom is -0.508 e. The van der Waals surface area contributed by atoms with Crippen molar-refractivity contribution in [2.24, 2.45) is 0 Å². The number of nitrogens with zero attached hydrogens (tertiary/aromatic N) is 5. The number of benzene rings is 1. The van der Waals surface area contributed by atoms with Crippen molar-refractivity contribution < 1.29 is 9.50 Å². The molecule has 1 aromatic carbocycles. The van der Waals surface area contributed by atoms with E-state index in [0.717, 1.165) is 17.1 Å². The monoisotopic (exact) mass is 438 g/mol. The highest BCUT2D eigenvalue weighted by atomic mass is 19.1. The van der Waals surface area contributed by atoms with Crippen LogP contribution in [0.2, 0.25) is 0 Å². The first kappa shape index (κ1) is 18.9. The van der Waals surface area contributed by atoms with Crippen molar-refractivity contribution in [3.8, 4) is 39.7 Å². The first-order chi connectivity index (χ1) is 16.0. The van der Waals surface area contributed by atoms with Crippen LogP contribution in [0.15, 0.2) is 61.1 Å². The van der Waals surface area contributed by atoms with Gasteiger partial charge in [-0.2, -0.15) is 5.10 Å². The Bertz CT molecular complexity index is 1650. The molecule has 9 nitrogen and oxygen atoms in total. The quantitative estimate of drug-likeness (QED) is 0.326. The number of nitrogens with two attached hydrogens (primary N) is 1. The van der Waals surface area contributed by atoms with E-state index < -0.39 is 5.82 Å². The van der Waals surface area contributed by atoms with Crippen LogP contribution in [-0.2, 0) is 0 Å². The van der Waals surface area contributed by atoms with Gasteiger partial charge in [0.15, 0.2) is 17.2 Å². The number of fused-ring (bicyclic) bond motifs is 2. The summed E-state index contributed by atoms with van der Waals surface area (Å²) >= 11 is 0. The highest BCUT2D eigenvalue weighted by Gasteiger charge is 2.18. The van der Waals surface area contributed by atoms with E-state index in [1.54, 1.807) is 30.7 Å². The summed E-state index contributed by atoms with van der Waals surface area (Å²) in [5.74, 6) is -0.263. The number of H-pyrrole nitrogens is 2. The number of aromatic nitrogens is 7. The molecule has 5 heterocycles. The third-order valence-corrected chi connectivity index (χ3v) is 5.27. The third-order valence-electron chi connectivity index (χ3n) is 5.27. The van der Waals surface area contributed by atoms with Gasteiger partial charge >= 0.3 is 0 Å². The van der Waals surface area contributed by atoms with Gasteiger partial charge in [0, 0.05) is 35.8 Å². The molecule has 0 aliphatic carbocycles. The van der Waals surface area contributed by atoms with Gasteiger partial charge in [-0.05, 0) is 42.0 Å². The summed E-state index contributed by atoms with van der Waals surface area (Å²) in [6.45, 7) is 0. The first-order valence-corrected chi connectivity index (χ1v) is 9.96. The molecule has 10 heteroatoms. The van der Waals surface area contributed by atoms with Gasteiger partial charge in [-0.1, -0.05) is 0 Å². The molecule has 5 aromatic heterocycles. The minimum atomic E-state index is -0.545. The molecule has 5 N–H and O–H groups in total. The van der Waals surface area contributed by atoms with Crippen molar-refractivity contribution in [2.45, 2.75) is 0 Å². The maximum Gasteiger partial charge on any atom is 0.162 e. The van der Waals surface area contributed by atoms with Crippen LogP contribution in [0, 0.1) is 5.82 Å². The van der Waals surface area contributed by atoms with Gasteiger partial charge in [0.1, 0.15) is 22.6 Å². The second-order valence-corrected chi connectivity index (χ2v) is 7.51. The van der Waals surface area contributed by atoms with Gasteiger partial charge in [-0.25, -0.2) is 19.3 Å². The zero-order valence-corrected chi connectivity index (χ0v) is 16.9. The predicted molar refractivity (Wildman–Crippen MR) is 121 cm³/mol. The van der Waals surface area contributed by atoms with Crippen LogP contribution in [-0.4, -0.2) is 40.2 Å². The summed E-state index contributed by atoms with van der Waals surface area (Å²) in [5, 5.41) is 17.2. The number of nitrogen functional groups attached to an aromatic ring is 1. The smallest absolute Gasteiger partial charge is 0.162 e. The Hall–Kier alpha value is -4.86. The number of hydrogen-bond donors (Lipinski definition) is 4. The van der Waals surface area contributed by atoms with E-state index in [4.69, 9.17) is 10.7 Å². The predicted octanol–water partition coefficient (Wildman–Crippen LogP) is 4.05. The van der Waals surface area contributed by atoms with Crippen LogP contribution in [0.1, 0.15) is 0 Å². The van der Waals surface area contributed by atoms with Gasteiger partial charge in [-0.15, -0.1) is 0 Å². The second-order valence-electron chi connectivity index (χ2n) is 7.51. The number of aromatic hydroxyl groups is 1. The summed E-state index contributed by atoms with van der Waals surface area (Å²) < 4.78 is 13.9. The molecule has 0 amide bonds. The normalized spacial score (nSPS) is 11.4. The molecule has 0 saturated heterocycles. The lowest BCUT2D eigenvalue weighted by Gasteiger charge is -2.03. The zero-order chi connectivity index (χ0) is 22.5. The van der Waals surface area contributed by atoms with E-state index in [0.29, 0.717) is 50.7 Å². The number of hydrogen-bond acceptors (Lipinski definition) is 7. The molecular weight excluding hydrogens is 423 g/mol. The molecule has 0 radical (unpaired) electrons. The van der Waals surface area contributed by atoms with Gasteiger partial charge in [-0.3, -0.25) is 10.1 Å². The van der Waals surface area contributed by atoms with Crippen molar-refractivity contribution in [3.63, 3.8) is 0 Å². The number of rotatable bonds is 3. The van der Waals surface area contributed by atoms with Gasteiger partial charge < -0.3 is 15.8 Å². The summed E-state index contributed by atoms with van der Waals surface area (Å²) in [7, 11) is 0. The number of nitrogens with one attached hydrogen (secondary N) is 2. The van der Waals surface area contributed by atoms with Gasteiger partial charge in [0.05, 0.1) is 16.9 Å². The summed E-state index contributed by atoms with van der Waals surface area (Å²) in [6.07, 6.45) is 4.85. The van der Waals surface area contributed by atoms with Crippen LogP contribution >= 0.6 is 0 Å². The van der Waals surface area contributed by atoms with E-state index >= 15 is 0 Å². The van der Waals surface area contributed by atoms with Gasteiger partial charge in [0.25, 0.3) is 0 Å². The van der Waals surface area contributed by atoms with Crippen molar-refractivity contribution in [2.75, 3.05) is 5.73 Å². The highest BCUT2D eigenvalue weighted by Crippen LogP contribution is 2.32. The van der Waals surface area contributed by atoms with Crippen molar-refractivity contribution in [1.29, 1.82) is 0 Å². The molecule has 6 rings (SSSR count). The Morgan fingerprint density at radius 3 is 2.70 bits per heavy atom. The molecule has 33 heavy (non-hydrogen) atoms. The zero-order valence-electron chi connectivity index (χ0n) is 16.9. The lowest BCUT2D eigenvalue weighted by Crippen LogP contribution is -1.90. The highest BCUT2D eigenvalue weighted by molar-refractivity contribution is 5.95. The van der Waals surface area contributed by atoms with Gasteiger partial charge in [0.2, 0.25) is 0 Å². The number of anilines is 1. The molecule has 0 fully saturated rings. The number of halogens is 1. The fourth-order valence-electron chi connectivity index (χ4n) is 3.81. The number of imidazole rings is 1. The minimum absolute atomic E-state index is 0.170. The second kappa shape index (κ2) is 7.09. The van der Waals surface area contributed by atoms with Crippen LogP contribution in [0.5, 0.6) is 5.75 Å². The lowest BCUT2D eigenvalue weighted by molar-refractivity contribution is 0.469. The number of aromatic amines is 2. The fourth-order valence-corrected chi connectivity index (χ4v) is 3.81. The van der Waals surface area contributed by atoms with Crippen LogP contribution < -0.4 is 5.73 Å². The van der Waals surface area contributed by atoms with Crippen molar-refractivity contribution >= 4 is 27.9 Å². The SMILES string of the molecule is Nc1cncc(-c2ccc3[nH]nc(-c4nc5c(-c6cc(O)cc(F)c6)ccnc5[nH]4)c3n2)c1. The van der Waals surface area contributed by atoms with E-state index in [2.05, 4.69) is 30.1 Å². The Labute approximate surface area is 185 Å². The van der Waals surface area contributed by atoms with E-state index in [1.165, 1.54) is 12.1 Å². The van der Waals surface area contributed by atoms with Crippen LogP contribution in [0.3, 0.4) is 0 Å². The molecule has 0 spiro atoms. The average Bonchev–Trinajstić information content (AvgIpc) is 3.41. The Balaban J connectivity index is 1.51.